The van der Waals surface area contributed by atoms with Crippen LogP contribution in [-0.4, -0.2) is 39.4 Å². The fourth-order valence-corrected chi connectivity index (χ4v) is 2.46. The van der Waals surface area contributed by atoms with Crippen molar-refractivity contribution in [3.05, 3.63) is 77.3 Å². The number of esters is 2. The molecule has 0 N–H and O–H groups in total. The standard InChI is InChI=1S/C14H18O3.C7H7BrO.C7H12O2/c1-3-4-11-17-14(15)10-7-12-5-8-13(16-2)9-6-12;1-9-7-4-2-6(8)3-5-7;1-3-5-6-9-7(8)4-2/h5-10H,3-4,11H2,1-2H3;2-5H,1H3;4H,2-3,5-6H2,1H3/b10-7+;;. The number of carbonyl (C=O) groups is 2. The number of benzene rings is 2. The van der Waals surface area contributed by atoms with Crippen molar-refractivity contribution in [2.45, 2.75) is 39.5 Å². The fraction of sp³-hybridized carbons (Fsp3) is 0.357. The normalized spacial score (nSPS) is 9.63. The molecule has 0 saturated carbocycles. The highest BCUT2D eigenvalue weighted by molar-refractivity contribution is 9.10. The van der Waals surface area contributed by atoms with E-state index in [-0.39, 0.29) is 11.9 Å². The zero-order valence-electron chi connectivity index (χ0n) is 21.1. The van der Waals surface area contributed by atoms with E-state index in [1.165, 1.54) is 12.2 Å². The molecule has 0 aliphatic heterocycles. The number of ether oxygens (including phenoxy) is 4. The van der Waals surface area contributed by atoms with Gasteiger partial charge in [-0.1, -0.05) is 61.3 Å². The molecule has 2 rings (SSSR count). The van der Waals surface area contributed by atoms with Gasteiger partial charge in [0.25, 0.3) is 0 Å². The van der Waals surface area contributed by atoms with E-state index in [4.69, 9.17) is 14.2 Å². The Kier molecular flexibility index (Phi) is 19.6. The van der Waals surface area contributed by atoms with Crippen molar-refractivity contribution < 1.29 is 28.5 Å². The largest absolute Gasteiger partial charge is 0.497 e. The van der Waals surface area contributed by atoms with Gasteiger partial charge in [0.05, 0.1) is 27.4 Å². The van der Waals surface area contributed by atoms with Crippen molar-refractivity contribution in [1.82, 2.24) is 0 Å². The van der Waals surface area contributed by atoms with Crippen LogP contribution in [0.3, 0.4) is 0 Å². The summed E-state index contributed by atoms with van der Waals surface area (Å²) >= 11 is 3.32. The lowest BCUT2D eigenvalue weighted by Crippen LogP contribution is -2.01. The summed E-state index contributed by atoms with van der Waals surface area (Å²) in [4.78, 5) is 21.6. The van der Waals surface area contributed by atoms with Crippen molar-refractivity contribution in [3.63, 3.8) is 0 Å². The minimum atomic E-state index is -0.330. The van der Waals surface area contributed by atoms with Crippen LogP contribution in [0.5, 0.6) is 11.5 Å². The first kappa shape index (κ1) is 31.9. The molecule has 192 valence electrons. The molecule has 0 heterocycles. The van der Waals surface area contributed by atoms with Gasteiger partial charge in [0, 0.05) is 16.6 Å². The Morgan fingerprint density at radius 3 is 1.69 bits per heavy atom. The molecule has 0 unspecified atom stereocenters. The minimum absolute atomic E-state index is 0.297. The smallest absolute Gasteiger partial charge is 0.330 e. The van der Waals surface area contributed by atoms with E-state index in [0.717, 1.165) is 47.2 Å². The minimum Gasteiger partial charge on any atom is -0.497 e. The third-order valence-electron chi connectivity index (χ3n) is 4.23. The van der Waals surface area contributed by atoms with Crippen molar-refractivity contribution in [2.75, 3.05) is 27.4 Å². The van der Waals surface area contributed by atoms with E-state index < -0.39 is 0 Å². The molecule has 0 radical (unpaired) electrons. The van der Waals surface area contributed by atoms with Crippen molar-refractivity contribution in [3.8, 4) is 11.5 Å². The molecular formula is C28H37BrO6. The molecule has 0 amide bonds. The first-order chi connectivity index (χ1) is 16.9. The van der Waals surface area contributed by atoms with Crippen LogP contribution in [0.4, 0.5) is 0 Å². The third kappa shape index (κ3) is 18.0. The van der Waals surface area contributed by atoms with E-state index in [0.29, 0.717) is 13.2 Å². The van der Waals surface area contributed by atoms with Crippen LogP contribution in [0, 0.1) is 0 Å². The number of carbonyl (C=O) groups excluding carboxylic acids is 2. The Bertz CT molecular complexity index is 860. The Morgan fingerprint density at radius 2 is 1.26 bits per heavy atom. The van der Waals surface area contributed by atoms with Crippen molar-refractivity contribution in [1.29, 1.82) is 0 Å². The van der Waals surface area contributed by atoms with E-state index in [9.17, 15) is 9.59 Å². The first-order valence-corrected chi connectivity index (χ1v) is 12.3. The maximum atomic E-state index is 11.3. The lowest BCUT2D eigenvalue weighted by Gasteiger charge is -2.00. The van der Waals surface area contributed by atoms with E-state index in [1.54, 1.807) is 20.3 Å². The zero-order valence-corrected chi connectivity index (χ0v) is 22.7. The second-order valence-corrected chi connectivity index (χ2v) is 7.93. The summed E-state index contributed by atoms with van der Waals surface area (Å²) in [5.41, 5.74) is 0.943. The average Bonchev–Trinajstić information content (AvgIpc) is 2.89. The maximum Gasteiger partial charge on any atom is 0.330 e. The number of unbranched alkanes of at least 4 members (excludes halogenated alkanes) is 2. The van der Waals surface area contributed by atoms with Crippen molar-refractivity contribution in [2.24, 2.45) is 0 Å². The summed E-state index contributed by atoms with van der Waals surface area (Å²) < 4.78 is 20.7. The van der Waals surface area contributed by atoms with Gasteiger partial charge in [0.2, 0.25) is 0 Å². The predicted octanol–water partition coefficient (Wildman–Crippen LogP) is 7.03. The van der Waals surface area contributed by atoms with Gasteiger partial charge in [-0.2, -0.15) is 0 Å². The highest BCUT2D eigenvalue weighted by Crippen LogP contribution is 2.15. The van der Waals surface area contributed by atoms with Gasteiger partial charge in [-0.3, -0.25) is 0 Å². The Hall–Kier alpha value is -3.06. The lowest BCUT2D eigenvalue weighted by molar-refractivity contribution is -0.138. The Labute approximate surface area is 218 Å². The summed E-state index contributed by atoms with van der Waals surface area (Å²) in [6.07, 6.45) is 8.25. The molecule has 7 heteroatoms. The summed E-state index contributed by atoms with van der Waals surface area (Å²) in [5, 5.41) is 0. The van der Waals surface area contributed by atoms with Gasteiger partial charge >= 0.3 is 11.9 Å². The van der Waals surface area contributed by atoms with Gasteiger partial charge < -0.3 is 18.9 Å². The van der Waals surface area contributed by atoms with Gasteiger partial charge in [0.1, 0.15) is 11.5 Å². The monoisotopic (exact) mass is 548 g/mol. The fourth-order valence-electron chi connectivity index (χ4n) is 2.19. The molecule has 0 bridgehead atoms. The van der Waals surface area contributed by atoms with Crippen LogP contribution in [0.2, 0.25) is 0 Å². The summed E-state index contributed by atoms with van der Waals surface area (Å²) in [5.74, 6) is 1.06. The second-order valence-electron chi connectivity index (χ2n) is 7.01. The van der Waals surface area contributed by atoms with Crippen LogP contribution in [0.15, 0.2) is 71.7 Å². The van der Waals surface area contributed by atoms with E-state index in [2.05, 4.69) is 34.2 Å². The molecule has 0 spiro atoms. The highest BCUT2D eigenvalue weighted by atomic mass is 79.9. The predicted molar refractivity (Wildman–Crippen MR) is 145 cm³/mol. The molecule has 2 aromatic rings. The molecule has 0 aliphatic carbocycles. The topological polar surface area (TPSA) is 71.1 Å². The van der Waals surface area contributed by atoms with Crippen LogP contribution in [0.1, 0.15) is 45.1 Å². The van der Waals surface area contributed by atoms with Crippen LogP contribution in [-0.2, 0) is 19.1 Å². The summed E-state index contributed by atoms with van der Waals surface area (Å²) in [7, 11) is 3.28. The van der Waals surface area contributed by atoms with Crippen LogP contribution >= 0.6 is 15.9 Å². The highest BCUT2D eigenvalue weighted by Gasteiger charge is 1.96. The van der Waals surface area contributed by atoms with Crippen LogP contribution < -0.4 is 9.47 Å². The number of hydrogen-bond donors (Lipinski definition) is 0. The Morgan fingerprint density at radius 1 is 0.800 bits per heavy atom. The molecule has 0 aliphatic rings. The summed E-state index contributed by atoms with van der Waals surface area (Å²) in [6.45, 7) is 8.37. The molecule has 0 atom stereocenters. The summed E-state index contributed by atoms with van der Waals surface area (Å²) in [6, 6.07) is 15.2. The molecule has 0 aromatic heterocycles. The first-order valence-electron chi connectivity index (χ1n) is 11.5. The van der Waals surface area contributed by atoms with Gasteiger partial charge in [-0.15, -0.1) is 0 Å². The van der Waals surface area contributed by atoms with Gasteiger partial charge in [0.15, 0.2) is 0 Å². The van der Waals surface area contributed by atoms with Gasteiger partial charge in [-0.05, 0) is 60.9 Å². The lowest BCUT2D eigenvalue weighted by atomic mass is 10.2. The number of halogens is 1. The molecule has 0 saturated heterocycles. The SMILES string of the molecule is C=CC(=O)OCCCC.CCCCOC(=O)/C=C/c1ccc(OC)cc1.COc1ccc(Br)cc1. The molecular weight excluding hydrogens is 512 g/mol. The quantitative estimate of drug-likeness (QED) is 0.170. The Balaban J connectivity index is 0.000000543. The average molecular weight is 550 g/mol. The van der Waals surface area contributed by atoms with E-state index >= 15 is 0 Å². The van der Waals surface area contributed by atoms with E-state index in [1.807, 2.05) is 55.5 Å². The number of methoxy groups -OCH3 is 2. The van der Waals surface area contributed by atoms with Gasteiger partial charge in [-0.25, -0.2) is 9.59 Å². The van der Waals surface area contributed by atoms with Crippen molar-refractivity contribution >= 4 is 33.9 Å². The maximum absolute atomic E-state index is 11.3. The molecule has 2 aromatic carbocycles. The zero-order chi connectivity index (χ0) is 26.3. The number of hydrogen-bond acceptors (Lipinski definition) is 6. The van der Waals surface area contributed by atoms with Crippen LogP contribution in [0.25, 0.3) is 6.08 Å². The second kappa shape index (κ2) is 21.5. The molecule has 0 fully saturated rings. The third-order valence-corrected chi connectivity index (χ3v) is 4.76. The molecule has 35 heavy (non-hydrogen) atoms. The number of rotatable bonds is 11. The molecule has 6 nitrogen and oxygen atoms in total.